The Kier molecular flexibility index (Phi) is 6.63. The van der Waals surface area contributed by atoms with Gasteiger partial charge in [0.25, 0.3) is 0 Å². The average molecular weight is 252 g/mol. The second-order valence-corrected chi connectivity index (χ2v) is 5.07. The van der Waals surface area contributed by atoms with Gasteiger partial charge in [-0.25, -0.2) is 0 Å². The number of rotatable bonds is 8. The van der Waals surface area contributed by atoms with Crippen LogP contribution in [0.15, 0.2) is 17.5 Å². The second kappa shape index (κ2) is 8.07. The van der Waals surface area contributed by atoms with Gasteiger partial charge >= 0.3 is 5.97 Å². The van der Waals surface area contributed by atoms with Crippen molar-refractivity contribution in [1.29, 1.82) is 0 Å². The quantitative estimate of drug-likeness (QED) is 0.698. The molecule has 0 bridgehead atoms. The number of aliphatic carboxylic acids is 1. The van der Waals surface area contributed by atoms with Crippen LogP contribution in [0, 0.1) is 0 Å². The molecule has 1 heterocycles. The predicted molar refractivity (Wildman–Crippen MR) is 73.5 cm³/mol. The molecular formula is C14H20O2S. The molecule has 0 spiro atoms. The number of hydrogen-bond acceptors (Lipinski definition) is 2. The van der Waals surface area contributed by atoms with Crippen molar-refractivity contribution in [2.24, 2.45) is 0 Å². The van der Waals surface area contributed by atoms with E-state index in [9.17, 15) is 4.79 Å². The van der Waals surface area contributed by atoms with Gasteiger partial charge in [0.1, 0.15) is 0 Å². The molecule has 1 aromatic rings. The summed E-state index contributed by atoms with van der Waals surface area (Å²) in [5.74, 6) is -0.776. The maximum absolute atomic E-state index is 10.4. The smallest absolute Gasteiger partial charge is 0.307 e. The van der Waals surface area contributed by atoms with Crippen LogP contribution in [-0.2, 0) is 11.2 Å². The second-order valence-electron chi connectivity index (χ2n) is 4.12. The lowest BCUT2D eigenvalue weighted by Crippen LogP contribution is -1.90. The topological polar surface area (TPSA) is 37.3 Å². The summed E-state index contributed by atoms with van der Waals surface area (Å²) in [5.41, 5.74) is 1.35. The van der Waals surface area contributed by atoms with Crippen molar-refractivity contribution in [3.8, 4) is 0 Å². The highest BCUT2D eigenvalue weighted by Gasteiger charge is 2.01. The lowest BCUT2D eigenvalue weighted by molar-refractivity contribution is -0.135. The molecule has 0 atom stereocenters. The maximum atomic E-state index is 10.4. The number of hydrogen-bond donors (Lipinski definition) is 1. The minimum Gasteiger partial charge on any atom is -0.481 e. The van der Waals surface area contributed by atoms with Gasteiger partial charge in [0.05, 0.1) is 6.42 Å². The average Bonchev–Trinajstić information content (AvgIpc) is 2.72. The van der Waals surface area contributed by atoms with Crippen molar-refractivity contribution < 1.29 is 9.90 Å². The summed E-state index contributed by atoms with van der Waals surface area (Å²) < 4.78 is 0. The summed E-state index contributed by atoms with van der Waals surface area (Å²) in [6.07, 6.45) is 9.94. The monoisotopic (exact) mass is 252 g/mol. The summed E-state index contributed by atoms with van der Waals surface area (Å²) in [4.78, 5) is 11.6. The normalized spacial score (nSPS) is 11.1. The van der Waals surface area contributed by atoms with E-state index in [4.69, 9.17) is 5.11 Å². The van der Waals surface area contributed by atoms with E-state index in [-0.39, 0.29) is 6.42 Å². The largest absolute Gasteiger partial charge is 0.481 e. The maximum Gasteiger partial charge on any atom is 0.307 e. The van der Waals surface area contributed by atoms with Gasteiger partial charge in [0, 0.05) is 4.88 Å². The first-order valence-electron chi connectivity index (χ1n) is 6.18. The Bertz CT molecular complexity index is 366. The third-order valence-electron chi connectivity index (χ3n) is 2.64. The molecule has 17 heavy (non-hydrogen) atoms. The van der Waals surface area contributed by atoms with Crippen molar-refractivity contribution in [2.45, 2.75) is 45.4 Å². The molecule has 0 aromatic carbocycles. The van der Waals surface area contributed by atoms with E-state index in [1.165, 1.54) is 36.1 Å². The van der Waals surface area contributed by atoms with Crippen molar-refractivity contribution >= 4 is 23.4 Å². The Hall–Kier alpha value is -1.09. The molecule has 3 heteroatoms. The zero-order valence-corrected chi connectivity index (χ0v) is 11.1. The van der Waals surface area contributed by atoms with E-state index < -0.39 is 5.97 Å². The first kappa shape index (κ1) is 14.0. The number of carboxylic acids is 1. The molecule has 2 nitrogen and oxygen atoms in total. The van der Waals surface area contributed by atoms with Crippen LogP contribution in [0.5, 0.6) is 0 Å². The molecular weight excluding hydrogens is 232 g/mol. The van der Waals surface area contributed by atoms with Gasteiger partial charge in [0.15, 0.2) is 0 Å². The van der Waals surface area contributed by atoms with Crippen LogP contribution in [0.3, 0.4) is 0 Å². The summed E-state index contributed by atoms with van der Waals surface area (Å²) in [6.45, 7) is 2.21. The molecule has 1 N–H and O–H groups in total. The van der Waals surface area contributed by atoms with Gasteiger partial charge in [-0.1, -0.05) is 32.3 Å². The highest BCUT2D eigenvalue weighted by Crippen LogP contribution is 2.21. The van der Waals surface area contributed by atoms with Crippen molar-refractivity contribution in [2.75, 3.05) is 0 Å². The SMILES string of the molecule is CCCCCCc1ccsc1C=CCC(=O)O. The Labute approximate surface area is 107 Å². The van der Waals surface area contributed by atoms with Crippen LogP contribution >= 0.6 is 11.3 Å². The summed E-state index contributed by atoms with van der Waals surface area (Å²) in [5, 5.41) is 10.6. The minimum absolute atomic E-state index is 0.104. The highest BCUT2D eigenvalue weighted by atomic mass is 32.1. The molecule has 0 radical (unpaired) electrons. The molecule has 1 rings (SSSR count). The van der Waals surface area contributed by atoms with E-state index >= 15 is 0 Å². The van der Waals surface area contributed by atoms with Gasteiger partial charge in [0.2, 0.25) is 0 Å². The van der Waals surface area contributed by atoms with Gasteiger partial charge < -0.3 is 5.11 Å². The third kappa shape index (κ3) is 5.68. The molecule has 0 fully saturated rings. The predicted octanol–water partition coefficient (Wildman–Crippen LogP) is 4.36. The lowest BCUT2D eigenvalue weighted by atomic mass is 10.1. The van der Waals surface area contributed by atoms with E-state index in [2.05, 4.69) is 18.4 Å². The van der Waals surface area contributed by atoms with Gasteiger partial charge in [-0.15, -0.1) is 11.3 Å². The fraction of sp³-hybridized carbons (Fsp3) is 0.500. The molecule has 0 aliphatic heterocycles. The number of carboxylic acid groups (broad SMARTS) is 1. The van der Waals surface area contributed by atoms with Gasteiger partial charge in [-0.05, 0) is 35.9 Å². The Morgan fingerprint density at radius 1 is 1.41 bits per heavy atom. The number of carbonyl (C=O) groups is 1. The van der Waals surface area contributed by atoms with Crippen molar-refractivity contribution in [3.63, 3.8) is 0 Å². The Morgan fingerprint density at radius 2 is 2.24 bits per heavy atom. The highest BCUT2D eigenvalue weighted by molar-refractivity contribution is 7.11. The van der Waals surface area contributed by atoms with Crippen LogP contribution in [-0.4, -0.2) is 11.1 Å². The zero-order valence-electron chi connectivity index (χ0n) is 10.3. The molecule has 0 saturated heterocycles. The first-order chi connectivity index (χ1) is 8.24. The minimum atomic E-state index is -0.776. The molecule has 0 unspecified atom stereocenters. The molecule has 94 valence electrons. The zero-order chi connectivity index (χ0) is 12.5. The molecule has 0 amide bonds. The Morgan fingerprint density at radius 3 is 2.94 bits per heavy atom. The fourth-order valence-corrected chi connectivity index (χ4v) is 2.58. The fourth-order valence-electron chi connectivity index (χ4n) is 1.71. The van der Waals surface area contributed by atoms with Crippen LogP contribution in [0.4, 0.5) is 0 Å². The molecule has 1 aromatic heterocycles. The lowest BCUT2D eigenvalue weighted by Gasteiger charge is -2.00. The Balaban J connectivity index is 2.42. The van der Waals surface area contributed by atoms with E-state index in [1.807, 2.05) is 6.08 Å². The van der Waals surface area contributed by atoms with Gasteiger partial charge in [-0.3, -0.25) is 4.79 Å². The summed E-state index contributed by atoms with van der Waals surface area (Å²) in [6, 6.07) is 2.15. The molecule has 0 aliphatic carbocycles. The number of unbranched alkanes of at least 4 members (excludes halogenated alkanes) is 3. The van der Waals surface area contributed by atoms with Crippen molar-refractivity contribution in [3.05, 3.63) is 28.0 Å². The first-order valence-corrected chi connectivity index (χ1v) is 7.06. The summed E-state index contributed by atoms with van der Waals surface area (Å²) in [7, 11) is 0. The van der Waals surface area contributed by atoms with Crippen LogP contribution in [0.2, 0.25) is 0 Å². The molecule has 0 saturated carbocycles. The third-order valence-corrected chi connectivity index (χ3v) is 3.57. The van der Waals surface area contributed by atoms with E-state index in [1.54, 1.807) is 17.4 Å². The molecule has 0 aliphatic rings. The van der Waals surface area contributed by atoms with Gasteiger partial charge in [-0.2, -0.15) is 0 Å². The summed E-state index contributed by atoms with van der Waals surface area (Å²) >= 11 is 1.69. The van der Waals surface area contributed by atoms with E-state index in [0.29, 0.717) is 0 Å². The van der Waals surface area contributed by atoms with Crippen LogP contribution < -0.4 is 0 Å². The number of thiophene rings is 1. The van der Waals surface area contributed by atoms with E-state index in [0.717, 1.165) is 6.42 Å². The van der Waals surface area contributed by atoms with Crippen molar-refractivity contribution in [1.82, 2.24) is 0 Å². The van der Waals surface area contributed by atoms with Crippen LogP contribution in [0.1, 0.15) is 49.5 Å². The number of aryl methyl sites for hydroxylation is 1. The standard InChI is InChI=1S/C14H20O2S/c1-2-3-4-5-7-12-10-11-17-13(12)8-6-9-14(15)16/h6,8,10-11H,2-5,7,9H2,1H3,(H,15,16). The van der Waals surface area contributed by atoms with Crippen LogP contribution in [0.25, 0.3) is 6.08 Å².